The number of hydrogen-bond acceptors (Lipinski definition) is 3. The van der Waals surface area contributed by atoms with Crippen LogP contribution < -0.4 is 10.2 Å². The normalized spacial score (nSPS) is 13.7. The molecule has 0 bridgehead atoms. The van der Waals surface area contributed by atoms with Crippen LogP contribution in [0, 0.1) is 13.8 Å². The number of phenolic OH excluding ortho intramolecular Hbond substituents is 1. The number of aryl methyl sites for hydroxylation is 2. The molecule has 0 aromatic heterocycles. The average molecular weight is 363 g/mol. The number of phenols is 1. The van der Waals surface area contributed by atoms with Gasteiger partial charge >= 0.3 is 7.52 Å². The number of hydrogen-bond donors (Lipinski definition) is 3. The van der Waals surface area contributed by atoms with Gasteiger partial charge in [-0.2, -0.15) is 0 Å². The van der Waals surface area contributed by atoms with Crippen LogP contribution in [-0.2, 0) is 11.0 Å². The molecule has 0 saturated carbocycles. The Morgan fingerprint density at radius 2 is 1.76 bits per heavy atom. The van der Waals surface area contributed by atoms with Gasteiger partial charge in [0.1, 0.15) is 11.5 Å². The lowest BCUT2D eigenvalue weighted by Gasteiger charge is -2.16. The summed E-state index contributed by atoms with van der Waals surface area (Å²) in [6.07, 6.45) is 0.342. The minimum Gasteiger partial charge on any atom is -0.508 e. The third-order valence-corrected chi connectivity index (χ3v) is 4.68. The van der Waals surface area contributed by atoms with Gasteiger partial charge in [0.05, 0.1) is 0 Å². The molecule has 0 aliphatic carbocycles. The fourth-order valence-electron chi connectivity index (χ4n) is 2.86. The Kier molecular flexibility index (Phi) is 5.94. The molecular formula is C19H26NO4P. The molecule has 2 aromatic rings. The van der Waals surface area contributed by atoms with Gasteiger partial charge in [0.2, 0.25) is 0 Å². The maximum atomic E-state index is 11.2. The smallest absolute Gasteiger partial charge is 0.301 e. The summed E-state index contributed by atoms with van der Waals surface area (Å²) in [7, 11) is -3.69. The van der Waals surface area contributed by atoms with Crippen molar-refractivity contribution in [3.63, 3.8) is 0 Å². The summed E-state index contributed by atoms with van der Waals surface area (Å²) in [4.78, 5) is 9.15. The van der Waals surface area contributed by atoms with Gasteiger partial charge in [-0.05, 0) is 72.2 Å². The van der Waals surface area contributed by atoms with E-state index in [-0.39, 0.29) is 5.92 Å². The molecule has 2 aromatic carbocycles. The molecule has 0 amide bonds. The minimum absolute atomic E-state index is 0.253. The summed E-state index contributed by atoms with van der Waals surface area (Å²) in [6, 6.07) is 9.41. The molecule has 0 radical (unpaired) electrons. The van der Waals surface area contributed by atoms with Crippen LogP contribution in [0.2, 0.25) is 0 Å². The Morgan fingerprint density at radius 1 is 1.16 bits per heavy atom. The molecule has 136 valence electrons. The van der Waals surface area contributed by atoms with Crippen molar-refractivity contribution in [2.24, 2.45) is 5.50 Å². The second kappa shape index (κ2) is 7.61. The first-order valence-electron chi connectivity index (χ1n) is 8.22. The highest BCUT2D eigenvalue weighted by molar-refractivity contribution is 7.55. The van der Waals surface area contributed by atoms with E-state index in [4.69, 9.17) is 15.1 Å². The van der Waals surface area contributed by atoms with Crippen molar-refractivity contribution in [1.29, 1.82) is 0 Å². The zero-order valence-electron chi connectivity index (χ0n) is 15.1. The molecule has 5 nitrogen and oxygen atoms in total. The van der Waals surface area contributed by atoms with Crippen LogP contribution in [0.4, 0.5) is 0 Å². The predicted octanol–water partition coefficient (Wildman–Crippen LogP) is 4.20. The van der Waals surface area contributed by atoms with Gasteiger partial charge in [-0.1, -0.05) is 26.0 Å². The molecular weight excluding hydrogens is 337 g/mol. The van der Waals surface area contributed by atoms with Gasteiger partial charge in [-0.15, -0.1) is 0 Å². The van der Waals surface area contributed by atoms with E-state index in [1.165, 1.54) is 5.56 Å². The molecule has 2 rings (SSSR count). The Balaban J connectivity index is 2.26. The van der Waals surface area contributed by atoms with E-state index in [1.807, 2.05) is 38.1 Å². The Hall–Kier alpha value is -1.81. The monoisotopic (exact) mass is 363 g/mol. The number of rotatable bonds is 6. The quantitative estimate of drug-likeness (QED) is 0.669. The van der Waals surface area contributed by atoms with Gasteiger partial charge < -0.3 is 14.7 Å². The summed E-state index contributed by atoms with van der Waals surface area (Å²) in [5, 5.41) is 9.97. The first-order chi connectivity index (χ1) is 11.6. The Morgan fingerprint density at radius 3 is 2.28 bits per heavy atom. The van der Waals surface area contributed by atoms with Crippen LogP contribution in [0.5, 0.6) is 11.5 Å². The SMILES string of the molecule is Cc1cc(OCP(N)(=O)O)cc(C)c1Cc1ccc(O)c(C(C)C)c1. The van der Waals surface area contributed by atoms with E-state index in [0.717, 1.165) is 28.7 Å². The first kappa shape index (κ1) is 19.5. The van der Waals surface area contributed by atoms with Crippen molar-refractivity contribution in [3.8, 4) is 11.5 Å². The molecule has 25 heavy (non-hydrogen) atoms. The Bertz CT molecular complexity index is 788. The second-order valence-corrected chi connectivity index (χ2v) is 8.56. The van der Waals surface area contributed by atoms with Gasteiger partial charge in [0.25, 0.3) is 0 Å². The van der Waals surface area contributed by atoms with Crippen molar-refractivity contribution in [2.75, 3.05) is 6.35 Å². The highest BCUT2D eigenvalue weighted by atomic mass is 31.2. The molecule has 1 atom stereocenters. The number of ether oxygens (including phenoxy) is 1. The van der Waals surface area contributed by atoms with Crippen LogP contribution in [0.15, 0.2) is 30.3 Å². The molecule has 0 spiro atoms. The van der Waals surface area contributed by atoms with Crippen molar-refractivity contribution in [1.82, 2.24) is 0 Å². The third-order valence-electron chi connectivity index (χ3n) is 4.18. The summed E-state index contributed by atoms with van der Waals surface area (Å²) in [5.74, 6) is 1.11. The zero-order chi connectivity index (χ0) is 18.8. The molecule has 0 aliphatic rings. The maximum absolute atomic E-state index is 11.2. The van der Waals surface area contributed by atoms with Crippen LogP contribution in [0.3, 0.4) is 0 Å². The van der Waals surface area contributed by atoms with E-state index >= 15 is 0 Å². The van der Waals surface area contributed by atoms with Crippen LogP contribution in [0.25, 0.3) is 0 Å². The summed E-state index contributed by atoms with van der Waals surface area (Å²) >= 11 is 0. The van der Waals surface area contributed by atoms with Crippen LogP contribution >= 0.6 is 7.52 Å². The van der Waals surface area contributed by atoms with E-state index < -0.39 is 13.9 Å². The van der Waals surface area contributed by atoms with Crippen LogP contribution in [0.1, 0.15) is 47.6 Å². The topological polar surface area (TPSA) is 92.8 Å². The van der Waals surface area contributed by atoms with Crippen molar-refractivity contribution >= 4 is 7.52 Å². The van der Waals surface area contributed by atoms with Gasteiger partial charge in [-0.3, -0.25) is 10.1 Å². The molecule has 0 heterocycles. The lowest BCUT2D eigenvalue weighted by molar-refractivity contribution is 0.349. The number of aromatic hydroxyl groups is 1. The first-order valence-corrected chi connectivity index (χ1v) is 10.1. The number of nitrogens with two attached hydrogens (primary N) is 1. The highest BCUT2D eigenvalue weighted by Gasteiger charge is 2.14. The van der Waals surface area contributed by atoms with Crippen molar-refractivity contribution in [3.05, 3.63) is 58.1 Å². The zero-order valence-corrected chi connectivity index (χ0v) is 16.0. The minimum atomic E-state index is -3.69. The van der Waals surface area contributed by atoms with E-state index in [1.54, 1.807) is 6.07 Å². The fourth-order valence-corrected chi connectivity index (χ4v) is 3.20. The molecule has 1 unspecified atom stereocenters. The molecule has 6 heteroatoms. The maximum Gasteiger partial charge on any atom is 0.301 e. The lowest BCUT2D eigenvalue weighted by atomic mass is 9.93. The van der Waals surface area contributed by atoms with Gasteiger partial charge in [-0.25, -0.2) is 0 Å². The van der Waals surface area contributed by atoms with Crippen LogP contribution in [-0.4, -0.2) is 16.3 Å². The molecule has 0 fully saturated rings. The van der Waals surface area contributed by atoms with Gasteiger partial charge in [0.15, 0.2) is 6.35 Å². The lowest BCUT2D eigenvalue weighted by Crippen LogP contribution is -2.06. The molecule has 4 N–H and O–H groups in total. The summed E-state index contributed by atoms with van der Waals surface area (Å²) in [5.41, 5.74) is 10.4. The average Bonchev–Trinajstić information content (AvgIpc) is 2.49. The van der Waals surface area contributed by atoms with E-state index in [9.17, 15) is 9.67 Å². The second-order valence-electron chi connectivity index (χ2n) is 6.79. The van der Waals surface area contributed by atoms with E-state index in [0.29, 0.717) is 11.5 Å². The molecule has 0 aliphatic heterocycles. The summed E-state index contributed by atoms with van der Waals surface area (Å²) < 4.78 is 16.5. The largest absolute Gasteiger partial charge is 0.508 e. The summed E-state index contributed by atoms with van der Waals surface area (Å²) in [6.45, 7) is 8.08. The van der Waals surface area contributed by atoms with Gasteiger partial charge in [0, 0.05) is 0 Å². The highest BCUT2D eigenvalue weighted by Crippen LogP contribution is 2.32. The predicted molar refractivity (Wildman–Crippen MR) is 100 cm³/mol. The van der Waals surface area contributed by atoms with Crippen molar-refractivity contribution < 1.29 is 19.3 Å². The standard InChI is InChI=1S/C19H26NO4P/c1-12(2)17-9-15(5-6-19(17)21)10-18-13(3)7-16(8-14(18)4)24-11-25(20,22)23/h5-9,12,21H,10-11H2,1-4H3,(H3,20,22,23). The van der Waals surface area contributed by atoms with Crippen molar-refractivity contribution in [2.45, 2.75) is 40.0 Å². The number of benzene rings is 2. The fraction of sp³-hybridized carbons (Fsp3) is 0.368. The molecule has 0 saturated heterocycles. The van der Waals surface area contributed by atoms with E-state index in [2.05, 4.69) is 13.8 Å². The Labute approximate surface area is 149 Å². The third kappa shape index (κ3) is 5.33.